The Balaban J connectivity index is 2.07. The van der Waals surface area contributed by atoms with E-state index in [0.29, 0.717) is 16.9 Å². The molecule has 0 aliphatic heterocycles. The molecule has 0 spiro atoms. The highest BCUT2D eigenvalue weighted by Crippen LogP contribution is 2.29. The molecule has 0 aliphatic carbocycles. The molecule has 1 heterocycles. The van der Waals surface area contributed by atoms with Crippen LogP contribution in [-0.2, 0) is 4.79 Å². The molecule has 6 nitrogen and oxygen atoms in total. The second kappa shape index (κ2) is 8.59. The molecule has 0 atom stereocenters. The van der Waals surface area contributed by atoms with Crippen molar-refractivity contribution in [3.63, 3.8) is 0 Å². The van der Waals surface area contributed by atoms with Gasteiger partial charge >= 0.3 is 0 Å². The van der Waals surface area contributed by atoms with Crippen LogP contribution in [0.1, 0.15) is 16.9 Å². The molecule has 2 amide bonds. The zero-order valence-electron chi connectivity index (χ0n) is 14.8. The van der Waals surface area contributed by atoms with Crippen molar-refractivity contribution in [1.82, 2.24) is 15.1 Å². The average Bonchev–Trinajstić information content (AvgIpc) is 3.08. The molecule has 150 valence electrons. The Morgan fingerprint density at radius 1 is 1.10 bits per heavy atom. The van der Waals surface area contributed by atoms with Crippen molar-refractivity contribution in [2.24, 2.45) is 5.73 Å². The quantitative estimate of drug-likeness (QED) is 0.614. The molecular formula is C19H14Cl2F2N4O2. The Morgan fingerprint density at radius 2 is 1.86 bits per heavy atom. The number of carbonyl (C=O) groups is 2. The molecule has 3 N–H and O–H groups in total. The number of rotatable bonds is 6. The maximum Gasteiger partial charge on any atom is 0.271 e. The van der Waals surface area contributed by atoms with E-state index in [1.165, 1.54) is 35.0 Å². The number of benzene rings is 2. The average molecular weight is 439 g/mol. The van der Waals surface area contributed by atoms with Gasteiger partial charge in [-0.3, -0.25) is 9.59 Å². The molecule has 29 heavy (non-hydrogen) atoms. The van der Waals surface area contributed by atoms with Crippen LogP contribution in [0.5, 0.6) is 0 Å². The summed E-state index contributed by atoms with van der Waals surface area (Å²) in [5, 5.41) is 6.75. The first-order valence-electron chi connectivity index (χ1n) is 8.33. The van der Waals surface area contributed by atoms with E-state index in [9.17, 15) is 18.4 Å². The summed E-state index contributed by atoms with van der Waals surface area (Å²) >= 11 is 11.8. The Kier molecular flexibility index (Phi) is 6.14. The Labute approximate surface area is 174 Å². The number of aromatic nitrogens is 2. The molecule has 0 bridgehead atoms. The van der Waals surface area contributed by atoms with E-state index in [1.807, 2.05) is 0 Å². The molecule has 0 saturated heterocycles. The second-order valence-corrected chi connectivity index (χ2v) is 6.90. The van der Waals surface area contributed by atoms with Crippen LogP contribution in [0.25, 0.3) is 16.9 Å². The van der Waals surface area contributed by atoms with Gasteiger partial charge in [0.2, 0.25) is 5.91 Å². The summed E-state index contributed by atoms with van der Waals surface area (Å²) in [5.74, 6) is -2.33. The van der Waals surface area contributed by atoms with Gasteiger partial charge in [0.1, 0.15) is 11.6 Å². The third-order valence-electron chi connectivity index (χ3n) is 3.91. The van der Waals surface area contributed by atoms with Gasteiger partial charge in [-0.25, -0.2) is 13.5 Å². The number of primary amides is 1. The van der Waals surface area contributed by atoms with Crippen LogP contribution in [-0.4, -0.2) is 28.1 Å². The molecule has 0 fully saturated rings. The Morgan fingerprint density at radius 3 is 2.52 bits per heavy atom. The van der Waals surface area contributed by atoms with Crippen molar-refractivity contribution in [2.75, 3.05) is 6.54 Å². The van der Waals surface area contributed by atoms with Gasteiger partial charge in [-0.05, 0) is 42.5 Å². The number of nitrogens with one attached hydrogen (secondary N) is 1. The Bertz CT molecular complexity index is 1080. The van der Waals surface area contributed by atoms with E-state index in [4.69, 9.17) is 28.9 Å². The number of hydrogen-bond acceptors (Lipinski definition) is 3. The summed E-state index contributed by atoms with van der Waals surface area (Å²) in [7, 11) is 0. The van der Waals surface area contributed by atoms with Gasteiger partial charge in [0, 0.05) is 23.6 Å². The minimum absolute atomic E-state index is 0.00898. The molecule has 0 aliphatic rings. The first kappa shape index (κ1) is 20.8. The van der Waals surface area contributed by atoms with Gasteiger partial charge in [0.15, 0.2) is 5.69 Å². The fraction of sp³-hybridized carbons (Fsp3) is 0.105. The normalized spacial score (nSPS) is 10.8. The largest absolute Gasteiger partial charge is 0.370 e. The van der Waals surface area contributed by atoms with Crippen molar-refractivity contribution in [3.05, 3.63) is 69.8 Å². The lowest BCUT2D eigenvalue weighted by Crippen LogP contribution is -2.28. The topological polar surface area (TPSA) is 90.0 Å². The molecule has 2 aromatic carbocycles. The van der Waals surface area contributed by atoms with E-state index >= 15 is 0 Å². The van der Waals surface area contributed by atoms with E-state index in [0.717, 1.165) is 12.1 Å². The van der Waals surface area contributed by atoms with E-state index < -0.39 is 23.4 Å². The van der Waals surface area contributed by atoms with Crippen molar-refractivity contribution in [3.8, 4) is 16.9 Å². The summed E-state index contributed by atoms with van der Waals surface area (Å²) in [6.07, 6.45) is -0.0353. The summed E-state index contributed by atoms with van der Waals surface area (Å²) in [4.78, 5) is 23.2. The number of halogens is 4. The zero-order valence-corrected chi connectivity index (χ0v) is 16.3. The van der Waals surface area contributed by atoms with Gasteiger partial charge < -0.3 is 11.1 Å². The van der Waals surface area contributed by atoms with E-state index in [-0.39, 0.29) is 28.7 Å². The van der Waals surface area contributed by atoms with Crippen LogP contribution in [0.3, 0.4) is 0 Å². The maximum absolute atomic E-state index is 13.9. The lowest BCUT2D eigenvalue weighted by molar-refractivity contribution is -0.117. The van der Waals surface area contributed by atoms with Crippen LogP contribution in [0.15, 0.2) is 42.5 Å². The predicted molar refractivity (Wildman–Crippen MR) is 105 cm³/mol. The predicted octanol–water partition coefficient (Wildman–Crippen LogP) is 3.73. The lowest BCUT2D eigenvalue weighted by Gasteiger charge is -2.09. The van der Waals surface area contributed by atoms with Gasteiger partial charge in [-0.15, -0.1) is 0 Å². The summed E-state index contributed by atoms with van der Waals surface area (Å²) < 4.78 is 28.7. The highest BCUT2D eigenvalue weighted by molar-refractivity contribution is 6.31. The standard InChI is InChI=1S/C19H14Cl2F2N4O2/c20-11-5-10(6-12(22)7-11)17-9-16(19(29)25-4-3-18(24)28)26-27(17)13-1-2-15(23)14(21)8-13/h1-2,5-9H,3-4H2,(H2,24,28)(H,25,29). The third kappa shape index (κ3) is 4.90. The maximum atomic E-state index is 13.9. The third-order valence-corrected chi connectivity index (χ3v) is 4.41. The van der Waals surface area contributed by atoms with Crippen LogP contribution < -0.4 is 11.1 Å². The van der Waals surface area contributed by atoms with Gasteiger partial charge in [0.05, 0.1) is 16.4 Å². The summed E-state index contributed by atoms with van der Waals surface area (Å²) in [6, 6.07) is 9.15. The summed E-state index contributed by atoms with van der Waals surface area (Å²) in [6.45, 7) is 0.0323. The minimum atomic E-state index is -0.623. The number of nitrogens with two attached hydrogens (primary N) is 1. The fourth-order valence-corrected chi connectivity index (χ4v) is 3.00. The molecule has 10 heteroatoms. The molecular weight excluding hydrogens is 425 g/mol. The van der Waals surface area contributed by atoms with Crippen molar-refractivity contribution >= 4 is 35.0 Å². The Hall–Kier alpha value is -2.97. The van der Waals surface area contributed by atoms with Crippen molar-refractivity contribution < 1.29 is 18.4 Å². The number of nitrogens with zero attached hydrogens (tertiary/aromatic N) is 2. The van der Waals surface area contributed by atoms with Crippen LogP contribution in [0.4, 0.5) is 8.78 Å². The molecule has 0 saturated carbocycles. The first-order chi connectivity index (χ1) is 13.7. The van der Waals surface area contributed by atoms with Gasteiger partial charge in [0.25, 0.3) is 5.91 Å². The van der Waals surface area contributed by atoms with E-state index in [2.05, 4.69) is 10.4 Å². The monoisotopic (exact) mass is 438 g/mol. The number of hydrogen-bond donors (Lipinski definition) is 2. The van der Waals surface area contributed by atoms with Gasteiger partial charge in [-0.2, -0.15) is 5.10 Å². The van der Waals surface area contributed by atoms with Crippen LogP contribution >= 0.6 is 23.2 Å². The first-order valence-corrected chi connectivity index (χ1v) is 9.08. The smallest absolute Gasteiger partial charge is 0.271 e. The SMILES string of the molecule is NC(=O)CCNC(=O)c1cc(-c2cc(F)cc(Cl)c2)n(-c2ccc(F)c(Cl)c2)n1. The summed E-state index contributed by atoms with van der Waals surface area (Å²) in [5.41, 5.74) is 6.07. The molecule has 0 radical (unpaired) electrons. The van der Waals surface area contributed by atoms with Crippen molar-refractivity contribution in [2.45, 2.75) is 6.42 Å². The zero-order chi connectivity index (χ0) is 21.1. The van der Waals surface area contributed by atoms with Crippen molar-refractivity contribution in [1.29, 1.82) is 0 Å². The van der Waals surface area contributed by atoms with E-state index in [1.54, 1.807) is 0 Å². The van der Waals surface area contributed by atoms with Crippen LogP contribution in [0.2, 0.25) is 10.0 Å². The number of carbonyl (C=O) groups excluding carboxylic acids is 2. The molecule has 0 unspecified atom stereocenters. The molecule has 3 aromatic rings. The highest BCUT2D eigenvalue weighted by atomic mass is 35.5. The molecule has 3 rings (SSSR count). The fourth-order valence-electron chi connectivity index (χ4n) is 2.60. The van der Waals surface area contributed by atoms with Crippen LogP contribution in [0, 0.1) is 11.6 Å². The lowest BCUT2D eigenvalue weighted by atomic mass is 10.1. The highest BCUT2D eigenvalue weighted by Gasteiger charge is 2.18. The minimum Gasteiger partial charge on any atom is -0.370 e. The number of amides is 2. The van der Waals surface area contributed by atoms with Gasteiger partial charge in [-0.1, -0.05) is 23.2 Å². The molecule has 1 aromatic heterocycles. The second-order valence-electron chi connectivity index (χ2n) is 6.06.